The number of fused-ring (bicyclic) bond motifs is 1. The van der Waals surface area contributed by atoms with Crippen LogP contribution < -0.4 is 25.4 Å². The lowest BCUT2D eigenvalue weighted by Gasteiger charge is -2.35. The quantitative estimate of drug-likeness (QED) is 0.129. The molecule has 0 bridgehead atoms. The number of anilines is 1. The maximum absolute atomic E-state index is 14.7. The lowest BCUT2D eigenvalue weighted by atomic mass is 9.85. The molecule has 15 nitrogen and oxygen atoms in total. The van der Waals surface area contributed by atoms with E-state index in [0.29, 0.717) is 51.4 Å². The Hall–Kier alpha value is -4.88. The molecule has 6 rings (SSSR count). The van der Waals surface area contributed by atoms with Crippen LogP contribution in [0.2, 0.25) is 5.02 Å². The van der Waals surface area contributed by atoms with Crippen molar-refractivity contribution in [2.45, 2.75) is 123 Å². The van der Waals surface area contributed by atoms with Gasteiger partial charge in [0.2, 0.25) is 11.8 Å². The fourth-order valence-corrected chi connectivity index (χ4v) is 9.23. The number of likely N-dealkylation sites (tertiary alicyclic amines) is 1. The van der Waals surface area contributed by atoms with Gasteiger partial charge in [-0.05, 0) is 68.4 Å². The first kappa shape index (κ1) is 43.7. The van der Waals surface area contributed by atoms with E-state index in [1.807, 2.05) is 53.0 Å². The predicted octanol–water partition coefficient (Wildman–Crippen LogP) is 7.03. The summed E-state index contributed by atoms with van der Waals surface area (Å²) in [7, 11) is 0. The number of aliphatic carboxylic acids is 1. The van der Waals surface area contributed by atoms with Crippen molar-refractivity contribution in [3.05, 3.63) is 28.6 Å². The van der Waals surface area contributed by atoms with Crippen molar-refractivity contribution in [1.29, 1.82) is 5.26 Å². The summed E-state index contributed by atoms with van der Waals surface area (Å²) < 4.78 is 18.1. The Morgan fingerprint density at radius 1 is 1.08 bits per heavy atom. The van der Waals surface area contributed by atoms with Gasteiger partial charge in [-0.1, -0.05) is 59.6 Å². The minimum absolute atomic E-state index is 0.0125. The maximum Gasteiger partial charge on any atom is 0.408 e. The van der Waals surface area contributed by atoms with Gasteiger partial charge in [-0.25, -0.2) is 19.6 Å². The van der Waals surface area contributed by atoms with E-state index in [9.17, 15) is 24.3 Å². The molecule has 3 aromatic rings. The van der Waals surface area contributed by atoms with Crippen LogP contribution in [-0.2, 0) is 19.1 Å². The van der Waals surface area contributed by atoms with Crippen LogP contribution in [0.1, 0.15) is 87.5 Å². The number of amides is 3. The second-order valence-corrected chi connectivity index (χ2v) is 18.8. The number of hydrogen-bond donors (Lipinski definition) is 4. The summed E-state index contributed by atoms with van der Waals surface area (Å²) in [5, 5.41) is 31.4. The minimum Gasteiger partial charge on any atom is -0.488 e. The number of carbonyl (C=O) groups is 4. The number of pyridine rings is 1. The number of thiazole rings is 1. The molecule has 2 aromatic heterocycles. The van der Waals surface area contributed by atoms with Gasteiger partial charge in [0.15, 0.2) is 11.7 Å². The van der Waals surface area contributed by atoms with E-state index in [1.54, 1.807) is 18.2 Å². The zero-order chi connectivity index (χ0) is 43.0. The number of carboxylic acids is 1. The summed E-state index contributed by atoms with van der Waals surface area (Å²) in [6.07, 6.45) is 0.530. The first-order chi connectivity index (χ1) is 27.8. The Morgan fingerprint density at radius 3 is 2.41 bits per heavy atom. The van der Waals surface area contributed by atoms with Gasteiger partial charge in [-0.15, -0.1) is 11.3 Å². The Bertz CT molecular complexity index is 2120. The number of carbonyl (C=O) groups excluding carboxylic acids is 3. The maximum atomic E-state index is 14.7. The van der Waals surface area contributed by atoms with Crippen molar-refractivity contribution in [2.24, 2.45) is 23.2 Å². The van der Waals surface area contributed by atoms with E-state index in [4.69, 9.17) is 41.0 Å². The second kappa shape index (κ2) is 17.4. The highest BCUT2D eigenvalue weighted by atomic mass is 35.5. The van der Waals surface area contributed by atoms with Gasteiger partial charge in [0, 0.05) is 29.3 Å². The van der Waals surface area contributed by atoms with E-state index in [2.05, 4.69) is 29.8 Å². The van der Waals surface area contributed by atoms with Crippen LogP contribution in [0.25, 0.3) is 22.3 Å². The number of alkyl carbamates (subject to hydrolysis) is 1. The Labute approximate surface area is 353 Å². The van der Waals surface area contributed by atoms with Crippen molar-refractivity contribution < 1.29 is 38.5 Å². The zero-order valence-corrected chi connectivity index (χ0v) is 36.3. The second-order valence-electron chi connectivity index (χ2n) is 17.5. The molecule has 0 radical (unpaired) electrons. The van der Waals surface area contributed by atoms with E-state index in [0.717, 1.165) is 12.8 Å². The van der Waals surface area contributed by atoms with E-state index in [-0.39, 0.29) is 54.8 Å². The van der Waals surface area contributed by atoms with Gasteiger partial charge >= 0.3 is 12.1 Å². The van der Waals surface area contributed by atoms with Crippen LogP contribution >= 0.6 is 22.9 Å². The van der Waals surface area contributed by atoms with Crippen molar-refractivity contribution in [3.63, 3.8) is 0 Å². The first-order valence-electron chi connectivity index (χ1n) is 20.2. The molecule has 1 aromatic carbocycles. The topological polar surface area (TPSA) is 205 Å². The molecule has 4 N–H and O–H groups in total. The van der Waals surface area contributed by atoms with E-state index in [1.165, 1.54) is 16.2 Å². The summed E-state index contributed by atoms with van der Waals surface area (Å²) in [5.41, 5.74) is -0.940. The number of rotatable bonds is 14. The monoisotopic (exact) mass is 851 g/mol. The normalized spacial score (nSPS) is 25.6. The van der Waals surface area contributed by atoms with Crippen LogP contribution in [0.4, 0.5) is 9.93 Å². The molecule has 3 amide bonds. The summed E-state index contributed by atoms with van der Waals surface area (Å²) >= 11 is 8.26. The smallest absolute Gasteiger partial charge is 0.408 e. The molecule has 3 fully saturated rings. The van der Waals surface area contributed by atoms with Gasteiger partial charge in [0.1, 0.15) is 58.1 Å². The lowest BCUT2D eigenvalue weighted by Crippen LogP contribution is -2.59. The molecule has 3 heterocycles. The summed E-state index contributed by atoms with van der Waals surface area (Å²) in [5.74, 6) is -1.16. The number of hydrogen-bond acceptors (Lipinski definition) is 12. The fraction of sp³-hybridized carbons (Fsp3) is 0.595. The highest BCUT2D eigenvalue weighted by Crippen LogP contribution is 2.47. The highest BCUT2D eigenvalue weighted by Gasteiger charge is 2.61. The summed E-state index contributed by atoms with van der Waals surface area (Å²) in [6, 6.07) is 4.89. The SMILES string of the molecule is CC[C@@H]1C[C@]1(NC(=O)[C@@H]1C[C@@H](Oc2cc(-c3csc(NC(C)C)n3)nc3c(Cl)c(OCC#N)ccc23)CN1C(=O)[C@@H](NC(=O)OC1CC(C)[C@@H](C)C1)C(C)(C)C)C(=O)O. The molecule has 8 atom stereocenters. The van der Waals surface area contributed by atoms with Gasteiger partial charge < -0.3 is 40.2 Å². The molecule has 318 valence electrons. The standard InChI is InChI=1S/C42H54ClN7O8S/c1-9-24-18-42(24,38(53)54)49-36(51)30-16-26(19-50(30)37(52)35(41(6,7)8)48-40(55)58-25-14-22(4)23(5)15-25)57-32-17-28(29-20-59-39(47-29)45-21(2)3)46-34-27(32)10-11-31(33(34)43)56-13-12-44/h10-11,17,20-26,30,35H,9,13-16,18-19H2,1-8H3,(H,45,47)(H,48,55)(H,49,51)(H,53,54)/t22-,23?,24+,25?,26+,30-,35+,42+/m0/s1. The molecular formula is C42H54ClN7O8S. The van der Waals surface area contributed by atoms with Crippen LogP contribution in [0.15, 0.2) is 23.6 Å². The molecule has 2 aliphatic carbocycles. The van der Waals surface area contributed by atoms with Crippen molar-refractivity contribution in [2.75, 3.05) is 18.5 Å². The average molecular weight is 852 g/mol. The lowest BCUT2D eigenvalue weighted by molar-refractivity contribution is -0.146. The van der Waals surface area contributed by atoms with Crippen LogP contribution in [0, 0.1) is 34.5 Å². The minimum atomic E-state index is -1.43. The van der Waals surface area contributed by atoms with Crippen LogP contribution in [0.3, 0.4) is 0 Å². The first-order valence-corrected chi connectivity index (χ1v) is 21.5. The van der Waals surface area contributed by atoms with Crippen molar-refractivity contribution in [3.8, 4) is 29.0 Å². The predicted molar refractivity (Wildman–Crippen MR) is 223 cm³/mol. The molecule has 17 heteroatoms. The molecule has 1 aliphatic heterocycles. The number of nitrogens with zero attached hydrogens (tertiary/aromatic N) is 4. The molecule has 59 heavy (non-hydrogen) atoms. The van der Waals surface area contributed by atoms with Crippen LogP contribution in [0.5, 0.6) is 11.5 Å². The molecule has 0 spiro atoms. The van der Waals surface area contributed by atoms with Crippen LogP contribution in [-0.4, -0.2) is 92.9 Å². The summed E-state index contributed by atoms with van der Waals surface area (Å²) in [6.45, 7) is 15.3. The summed E-state index contributed by atoms with van der Waals surface area (Å²) in [4.78, 5) is 65.8. The fourth-order valence-electron chi connectivity index (χ4n) is 8.12. The molecule has 2 saturated carbocycles. The van der Waals surface area contributed by atoms with Crippen molar-refractivity contribution >= 4 is 62.8 Å². The number of aromatic nitrogens is 2. The molecular weight excluding hydrogens is 798 g/mol. The third-order valence-electron chi connectivity index (χ3n) is 11.7. The Morgan fingerprint density at radius 2 is 1.80 bits per heavy atom. The number of ether oxygens (including phenoxy) is 3. The van der Waals surface area contributed by atoms with Gasteiger partial charge in [0.05, 0.1) is 17.8 Å². The Balaban J connectivity index is 1.34. The van der Waals surface area contributed by atoms with Gasteiger partial charge in [-0.2, -0.15) is 5.26 Å². The number of halogens is 1. The largest absolute Gasteiger partial charge is 0.488 e. The third-order valence-corrected chi connectivity index (χ3v) is 12.8. The van der Waals surface area contributed by atoms with E-state index >= 15 is 0 Å². The number of nitrogens with one attached hydrogen (secondary N) is 3. The zero-order valence-electron chi connectivity index (χ0n) is 34.8. The number of benzene rings is 1. The van der Waals surface area contributed by atoms with Crippen molar-refractivity contribution in [1.82, 2.24) is 25.5 Å². The number of carboxylic acid groups (broad SMARTS) is 1. The van der Waals surface area contributed by atoms with Gasteiger partial charge in [-0.3, -0.25) is 9.59 Å². The number of nitriles is 1. The third kappa shape index (κ3) is 9.46. The molecule has 2 unspecified atom stereocenters. The average Bonchev–Trinajstić information content (AvgIpc) is 3.41. The van der Waals surface area contributed by atoms with Gasteiger partial charge in [0.25, 0.3) is 0 Å². The highest BCUT2D eigenvalue weighted by molar-refractivity contribution is 7.14. The molecule has 3 aliphatic rings. The molecule has 1 saturated heterocycles. The Kier molecular flexibility index (Phi) is 12.9. The van der Waals surface area contributed by atoms with E-state index < -0.39 is 53.0 Å².